The molecule has 5 aromatic rings. The van der Waals surface area contributed by atoms with Crippen LogP contribution >= 0.6 is 0 Å². The molecule has 0 bridgehead atoms. The molecule has 0 fully saturated rings. The van der Waals surface area contributed by atoms with E-state index in [1.807, 2.05) is 34.9 Å². The number of nitrogens with two attached hydrogens (primary N) is 1. The van der Waals surface area contributed by atoms with Crippen molar-refractivity contribution in [3.63, 3.8) is 0 Å². The molecular weight excluding hydrogens is 488 g/mol. The summed E-state index contributed by atoms with van der Waals surface area (Å²) in [6.45, 7) is 4.14. The van der Waals surface area contributed by atoms with Gasteiger partial charge in [0.25, 0.3) is 0 Å². The Balaban J connectivity index is 1.68. The van der Waals surface area contributed by atoms with Crippen molar-refractivity contribution in [1.82, 2.24) is 9.55 Å². The number of benzene rings is 3. The molecule has 0 aliphatic carbocycles. The second-order valence-electron chi connectivity index (χ2n) is 9.52. The Bertz CT molecular complexity index is 1700. The SMILES string of the molecule is CCc1cccc(-c2cc(COc3ccccc3CC(=O)O)cc3c2cc(-c2ccnc(N)c2)n3C(C)=N)c1. The van der Waals surface area contributed by atoms with Crippen molar-refractivity contribution in [1.29, 1.82) is 5.41 Å². The van der Waals surface area contributed by atoms with E-state index in [0.29, 0.717) is 23.0 Å². The number of nitrogens with one attached hydrogen (secondary N) is 1. The minimum absolute atomic E-state index is 0.113. The number of aromatic nitrogens is 2. The van der Waals surface area contributed by atoms with Gasteiger partial charge < -0.3 is 15.6 Å². The Morgan fingerprint density at radius 2 is 1.82 bits per heavy atom. The normalized spacial score (nSPS) is 11.0. The van der Waals surface area contributed by atoms with Crippen molar-refractivity contribution in [2.45, 2.75) is 33.3 Å². The Morgan fingerprint density at radius 1 is 1.00 bits per heavy atom. The summed E-state index contributed by atoms with van der Waals surface area (Å²) in [7, 11) is 0. The number of carboxylic acids is 1. The standard InChI is InChI=1S/C32H30N4O3/c1-3-21-7-6-9-23(13-21)26-14-22(19-39-30-10-5-4-8-25(30)17-32(37)38)15-29-27(26)18-28(36(29)20(2)33)24-11-12-35-31(34)16-24/h4-16,18,33H,3,17,19H2,1-2H3,(H2,34,35)(H,37,38). The number of aryl methyl sites for hydroxylation is 1. The fourth-order valence-corrected chi connectivity index (χ4v) is 4.94. The Kier molecular flexibility index (Phi) is 7.14. The number of para-hydroxylation sites is 1. The van der Waals surface area contributed by atoms with E-state index in [9.17, 15) is 9.90 Å². The first-order valence-electron chi connectivity index (χ1n) is 12.8. The Morgan fingerprint density at radius 3 is 2.56 bits per heavy atom. The topological polar surface area (TPSA) is 114 Å². The molecule has 0 spiro atoms. The third-order valence-electron chi connectivity index (χ3n) is 6.75. The van der Waals surface area contributed by atoms with Crippen LogP contribution in [0.1, 0.15) is 30.5 Å². The molecular formula is C32H30N4O3. The van der Waals surface area contributed by atoms with Crippen LogP contribution in [-0.4, -0.2) is 26.5 Å². The summed E-state index contributed by atoms with van der Waals surface area (Å²) in [4.78, 5) is 15.5. The Hall–Kier alpha value is -4.91. The van der Waals surface area contributed by atoms with Crippen LogP contribution in [0, 0.1) is 5.41 Å². The number of hydrogen-bond donors (Lipinski definition) is 3. The van der Waals surface area contributed by atoms with Gasteiger partial charge in [-0.25, -0.2) is 4.98 Å². The van der Waals surface area contributed by atoms with Gasteiger partial charge in [0.05, 0.1) is 17.6 Å². The highest BCUT2D eigenvalue weighted by molar-refractivity contribution is 6.05. The lowest BCUT2D eigenvalue weighted by atomic mass is 9.97. The van der Waals surface area contributed by atoms with Crippen LogP contribution in [-0.2, 0) is 24.2 Å². The molecule has 5 rings (SSSR count). The van der Waals surface area contributed by atoms with Crippen LogP contribution in [0.15, 0.2) is 85.1 Å². The number of pyridine rings is 1. The molecule has 196 valence electrons. The number of anilines is 1. The van der Waals surface area contributed by atoms with Crippen LogP contribution in [0.4, 0.5) is 5.82 Å². The first kappa shape index (κ1) is 25.7. The van der Waals surface area contributed by atoms with Gasteiger partial charge in [-0.3, -0.25) is 14.8 Å². The summed E-state index contributed by atoms with van der Waals surface area (Å²) in [5, 5.41) is 19.0. The molecule has 3 aromatic carbocycles. The summed E-state index contributed by atoms with van der Waals surface area (Å²) >= 11 is 0. The molecule has 0 amide bonds. The monoisotopic (exact) mass is 518 g/mol. The fourth-order valence-electron chi connectivity index (χ4n) is 4.94. The summed E-state index contributed by atoms with van der Waals surface area (Å²) in [6.07, 6.45) is 2.48. The predicted octanol–water partition coefficient (Wildman–Crippen LogP) is 6.57. The van der Waals surface area contributed by atoms with Gasteiger partial charge in [0.15, 0.2) is 0 Å². The third kappa shape index (κ3) is 5.38. The smallest absolute Gasteiger partial charge is 0.307 e. The van der Waals surface area contributed by atoms with E-state index in [4.69, 9.17) is 15.9 Å². The molecule has 0 radical (unpaired) electrons. The lowest BCUT2D eigenvalue weighted by Crippen LogP contribution is -2.08. The maximum atomic E-state index is 11.3. The zero-order valence-corrected chi connectivity index (χ0v) is 21.9. The summed E-state index contributed by atoms with van der Waals surface area (Å²) in [6, 6.07) is 25.6. The molecule has 0 atom stereocenters. The lowest BCUT2D eigenvalue weighted by Gasteiger charge is -2.14. The van der Waals surface area contributed by atoms with E-state index < -0.39 is 5.97 Å². The second-order valence-corrected chi connectivity index (χ2v) is 9.52. The van der Waals surface area contributed by atoms with Gasteiger partial charge in [0, 0.05) is 22.7 Å². The van der Waals surface area contributed by atoms with Gasteiger partial charge in [-0.2, -0.15) is 0 Å². The lowest BCUT2D eigenvalue weighted by molar-refractivity contribution is -0.136. The minimum Gasteiger partial charge on any atom is -0.489 e. The van der Waals surface area contributed by atoms with Crippen molar-refractivity contribution in [3.8, 4) is 28.1 Å². The highest BCUT2D eigenvalue weighted by Crippen LogP contribution is 2.37. The first-order valence-corrected chi connectivity index (χ1v) is 12.8. The zero-order valence-electron chi connectivity index (χ0n) is 21.9. The van der Waals surface area contributed by atoms with Crippen molar-refractivity contribution < 1.29 is 14.6 Å². The van der Waals surface area contributed by atoms with Gasteiger partial charge >= 0.3 is 5.97 Å². The number of hydrogen-bond acceptors (Lipinski definition) is 5. The summed E-state index contributed by atoms with van der Waals surface area (Å²) in [5.74, 6) is 0.417. The highest BCUT2D eigenvalue weighted by Gasteiger charge is 2.18. The predicted molar refractivity (Wildman–Crippen MR) is 155 cm³/mol. The molecule has 4 N–H and O–H groups in total. The zero-order chi connectivity index (χ0) is 27.5. The summed E-state index contributed by atoms with van der Waals surface area (Å²) < 4.78 is 8.08. The van der Waals surface area contributed by atoms with E-state index in [-0.39, 0.29) is 13.0 Å². The van der Waals surface area contributed by atoms with Crippen LogP contribution in [0.3, 0.4) is 0 Å². The molecule has 0 saturated heterocycles. The molecule has 0 unspecified atom stereocenters. The summed E-state index contributed by atoms with van der Waals surface area (Å²) in [5.41, 5.74) is 13.5. The number of rotatable bonds is 8. The number of carbonyl (C=O) groups is 1. The van der Waals surface area contributed by atoms with Crippen molar-refractivity contribution >= 4 is 28.5 Å². The van der Waals surface area contributed by atoms with Crippen molar-refractivity contribution in [3.05, 3.63) is 102 Å². The second kappa shape index (κ2) is 10.8. The molecule has 7 nitrogen and oxygen atoms in total. The van der Waals surface area contributed by atoms with E-state index >= 15 is 0 Å². The number of nitrogen functional groups attached to an aromatic ring is 1. The molecule has 0 saturated carbocycles. The Labute approximate surface area is 227 Å². The van der Waals surface area contributed by atoms with Crippen molar-refractivity contribution in [2.75, 3.05) is 5.73 Å². The highest BCUT2D eigenvalue weighted by atomic mass is 16.5. The number of fused-ring (bicyclic) bond motifs is 1. The van der Waals surface area contributed by atoms with Gasteiger partial charge in [0.2, 0.25) is 0 Å². The molecule has 39 heavy (non-hydrogen) atoms. The number of ether oxygens (including phenoxy) is 1. The van der Waals surface area contributed by atoms with Gasteiger partial charge in [0.1, 0.15) is 24.0 Å². The van der Waals surface area contributed by atoms with Gasteiger partial charge in [-0.15, -0.1) is 0 Å². The average Bonchev–Trinajstić information content (AvgIpc) is 3.32. The van der Waals surface area contributed by atoms with Gasteiger partial charge in [-0.1, -0.05) is 49.4 Å². The number of nitrogens with zero attached hydrogens (tertiary/aromatic N) is 2. The van der Waals surface area contributed by atoms with Gasteiger partial charge in [-0.05, 0) is 72.0 Å². The minimum atomic E-state index is -0.908. The maximum Gasteiger partial charge on any atom is 0.307 e. The third-order valence-corrected chi connectivity index (χ3v) is 6.75. The average molecular weight is 519 g/mol. The fraction of sp³-hybridized carbons (Fsp3) is 0.156. The molecule has 7 heteroatoms. The quantitative estimate of drug-likeness (QED) is 0.159. The molecule has 2 aromatic heterocycles. The van der Waals surface area contributed by atoms with Crippen LogP contribution in [0.25, 0.3) is 33.3 Å². The first-order chi connectivity index (χ1) is 18.8. The molecule has 0 aliphatic rings. The molecule has 2 heterocycles. The van der Waals surface area contributed by atoms with Crippen molar-refractivity contribution in [2.24, 2.45) is 0 Å². The molecule has 0 aliphatic heterocycles. The van der Waals surface area contributed by atoms with E-state index in [1.54, 1.807) is 25.3 Å². The van der Waals surface area contributed by atoms with E-state index in [0.717, 1.165) is 45.3 Å². The van der Waals surface area contributed by atoms with Crippen LogP contribution in [0.5, 0.6) is 5.75 Å². The van der Waals surface area contributed by atoms with E-state index in [2.05, 4.69) is 48.3 Å². The number of aliphatic carboxylic acids is 1. The maximum absolute atomic E-state index is 11.3. The largest absolute Gasteiger partial charge is 0.489 e. The van der Waals surface area contributed by atoms with Crippen LogP contribution in [0.2, 0.25) is 0 Å². The number of carboxylic acid groups (broad SMARTS) is 1. The van der Waals surface area contributed by atoms with Crippen LogP contribution < -0.4 is 10.5 Å². The van der Waals surface area contributed by atoms with E-state index in [1.165, 1.54) is 5.56 Å².